The molecular formula is C21H26N2O2. The molecule has 2 saturated heterocycles. The highest BCUT2D eigenvalue weighted by molar-refractivity contribution is 5.21. The van der Waals surface area contributed by atoms with E-state index >= 15 is 0 Å². The van der Waals surface area contributed by atoms with Gasteiger partial charge in [-0.25, -0.2) is 0 Å². The van der Waals surface area contributed by atoms with Gasteiger partial charge in [-0.3, -0.25) is 9.80 Å². The van der Waals surface area contributed by atoms with Crippen LogP contribution in [0, 0.1) is 0 Å². The monoisotopic (exact) mass is 338 g/mol. The summed E-state index contributed by atoms with van der Waals surface area (Å²) in [6.07, 6.45) is 0.287. The summed E-state index contributed by atoms with van der Waals surface area (Å²) in [5.74, 6) is 0. The van der Waals surface area contributed by atoms with Gasteiger partial charge in [0.2, 0.25) is 0 Å². The normalized spacial score (nSPS) is 30.8. The van der Waals surface area contributed by atoms with Crippen LogP contribution in [0.25, 0.3) is 0 Å². The Bertz CT molecular complexity index is 619. The zero-order chi connectivity index (χ0) is 17.2. The molecule has 4 heteroatoms. The Labute approximate surface area is 150 Å². The van der Waals surface area contributed by atoms with Crippen molar-refractivity contribution in [1.29, 1.82) is 0 Å². The molecule has 4 rings (SSSR count). The largest absolute Gasteiger partial charge is 0.356 e. The van der Waals surface area contributed by atoms with Crippen molar-refractivity contribution in [3.05, 3.63) is 71.8 Å². The van der Waals surface area contributed by atoms with Crippen molar-refractivity contribution in [2.45, 2.75) is 38.1 Å². The Balaban J connectivity index is 1.40. The summed E-state index contributed by atoms with van der Waals surface area (Å²) in [6, 6.07) is 21.7. The topological polar surface area (TPSA) is 24.9 Å². The van der Waals surface area contributed by atoms with E-state index in [1.54, 1.807) is 0 Å². The van der Waals surface area contributed by atoms with E-state index in [2.05, 4.69) is 72.2 Å². The second kappa shape index (κ2) is 7.26. The third kappa shape index (κ3) is 3.35. The maximum atomic E-state index is 6.08. The van der Waals surface area contributed by atoms with Gasteiger partial charge in [-0.1, -0.05) is 60.7 Å². The van der Waals surface area contributed by atoms with Crippen molar-refractivity contribution in [3.63, 3.8) is 0 Å². The molecule has 0 bridgehead atoms. The lowest BCUT2D eigenvalue weighted by molar-refractivity contribution is 0.0457. The lowest BCUT2D eigenvalue weighted by Gasteiger charge is -2.29. The van der Waals surface area contributed by atoms with E-state index in [-0.39, 0.29) is 12.2 Å². The number of hydrogen-bond acceptors (Lipinski definition) is 4. The minimum atomic E-state index is 0.143. The van der Waals surface area contributed by atoms with E-state index in [1.807, 2.05) is 12.1 Å². The fourth-order valence-corrected chi connectivity index (χ4v) is 3.86. The van der Waals surface area contributed by atoms with Crippen LogP contribution in [-0.2, 0) is 9.47 Å². The molecule has 0 aromatic heterocycles. The van der Waals surface area contributed by atoms with Crippen molar-refractivity contribution >= 4 is 0 Å². The number of ether oxygens (including phenoxy) is 2. The smallest absolute Gasteiger partial charge is 0.101 e. The van der Waals surface area contributed by atoms with Gasteiger partial charge in [0, 0.05) is 12.1 Å². The first-order chi connectivity index (χ1) is 12.2. The van der Waals surface area contributed by atoms with Crippen molar-refractivity contribution < 1.29 is 9.47 Å². The van der Waals surface area contributed by atoms with Crippen LogP contribution in [-0.4, -0.2) is 42.0 Å². The SMILES string of the molecule is CC1C(c2ccccc2)OCN1CN1COC(c2ccccc2)C1C. The maximum absolute atomic E-state index is 6.08. The zero-order valence-corrected chi connectivity index (χ0v) is 14.9. The van der Waals surface area contributed by atoms with Crippen LogP contribution >= 0.6 is 0 Å². The average Bonchev–Trinajstić information content (AvgIpc) is 3.20. The van der Waals surface area contributed by atoms with Crippen molar-refractivity contribution in [1.82, 2.24) is 9.80 Å². The number of rotatable bonds is 4. The van der Waals surface area contributed by atoms with E-state index in [4.69, 9.17) is 9.47 Å². The number of nitrogens with zero attached hydrogens (tertiary/aromatic N) is 2. The quantitative estimate of drug-likeness (QED) is 0.847. The molecule has 2 aliphatic heterocycles. The van der Waals surface area contributed by atoms with Crippen molar-refractivity contribution in [3.8, 4) is 0 Å². The lowest BCUT2D eigenvalue weighted by Crippen LogP contribution is -2.42. The Hall–Kier alpha value is -1.72. The molecule has 2 heterocycles. The molecule has 2 aromatic carbocycles. The van der Waals surface area contributed by atoms with E-state index in [9.17, 15) is 0 Å². The molecule has 4 atom stereocenters. The van der Waals surface area contributed by atoms with Crippen LogP contribution in [0.4, 0.5) is 0 Å². The van der Waals surface area contributed by atoms with Crippen LogP contribution in [0.3, 0.4) is 0 Å². The zero-order valence-electron chi connectivity index (χ0n) is 14.9. The molecule has 132 valence electrons. The van der Waals surface area contributed by atoms with Crippen LogP contribution < -0.4 is 0 Å². The van der Waals surface area contributed by atoms with Crippen LogP contribution in [0.1, 0.15) is 37.2 Å². The van der Waals surface area contributed by atoms with Crippen molar-refractivity contribution in [2.75, 3.05) is 20.1 Å². The molecule has 25 heavy (non-hydrogen) atoms. The summed E-state index contributed by atoms with van der Waals surface area (Å²) in [5, 5.41) is 0. The molecule has 4 nitrogen and oxygen atoms in total. The highest BCUT2D eigenvalue weighted by Gasteiger charge is 2.38. The summed E-state index contributed by atoms with van der Waals surface area (Å²) < 4.78 is 12.2. The molecule has 0 N–H and O–H groups in total. The van der Waals surface area contributed by atoms with Gasteiger partial charge in [-0.05, 0) is 25.0 Å². The van der Waals surface area contributed by atoms with Gasteiger partial charge in [0.25, 0.3) is 0 Å². The summed E-state index contributed by atoms with van der Waals surface area (Å²) in [5.41, 5.74) is 2.51. The maximum Gasteiger partial charge on any atom is 0.101 e. The van der Waals surface area contributed by atoms with Crippen molar-refractivity contribution in [2.24, 2.45) is 0 Å². The second-order valence-electron chi connectivity index (χ2n) is 7.05. The van der Waals surface area contributed by atoms with Gasteiger partial charge in [0.1, 0.15) is 13.5 Å². The molecule has 2 aromatic rings. The third-order valence-electron chi connectivity index (χ3n) is 5.49. The van der Waals surface area contributed by atoms with Gasteiger partial charge in [-0.2, -0.15) is 0 Å². The molecular weight excluding hydrogens is 312 g/mol. The fourth-order valence-electron chi connectivity index (χ4n) is 3.86. The third-order valence-corrected chi connectivity index (χ3v) is 5.49. The molecule has 2 aliphatic rings. The number of benzene rings is 2. The van der Waals surface area contributed by atoms with E-state index in [0.29, 0.717) is 25.5 Å². The molecule has 0 spiro atoms. The molecule has 2 fully saturated rings. The first-order valence-electron chi connectivity index (χ1n) is 9.05. The number of hydrogen-bond donors (Lipinski definition) is 0. The predicted molar refractivity (Wildman–Crippen MR) is 97.7 cm³/mol. The fraction of sp³-hybridized carbons (Fsp3) is 0.429. The first kappa shape index (κ1) is 16.7. The van der Waals surface area contributed by atoms with Gasteiger partial charge in [0.05, 0.1) is 18.9 Å². The minimum absolute atomic E-state index is 0.143. The standard InChI is InChI=1S/C21H26N2O2/c1-16-20(18-9-5-3-6-10-18)24-14-22(16)13-23-15-25-21(17(23)2)19-11-7-4-8-12-19/h3-12,16-17,20-21H,13-15H2,1-2H3. The molecule has 0 saturated carbocycles. The van der Waals surface area contributed by atoms with Gasteiger partial charge in [-0.15, -0.1) is 0 Å². The predicted octanol–water partition coefficient (Wildman–Crippen LogP) is 3.78. The van der Waals surface area contributed by atoms with Crippen LogP contribution in [0.2, 0.25) is 0 Å². The summed E-state index contributed by atoms with van der Waals surface area (Å²) in [6.45, 7) is 6.71. The van der Waals surface area contributed by atoms with Gasteiger partial charge < -0.3 is 9.47 Å². The summed E-state index contributed by atoms with van der Waals surface area (Å²) in [7, 11) is 0. The average molecular weight is 338 g/mol. The van der Waals surface area contributed by atoms with E-state index in [1.165, 1.54) is 11.1 Å². The summed E-state index contributed by atoms with van der Waals surface area (Å²) in [4.78, 5) is 4.79. The summed E-state index contributed by atoms with van der Waals surface area (Å²) >= 11 is 0. The highest BCUT2D eigenvalue weighted by Crippen LogP contribution is 2.34. The second-order valence-corrected chi connectivity index (χ2v) is 7.05. The Morgan fingerprint density at radius 2 is 1.12 bits per heavy atom. The minimum Gasteiger partial charge on any atom is -0.356 e. The van der Waals surface area contributed by atoms with Crippen LogP contribution in [0.15, 0.2) is 60.7 Å². The molecule has 4 unspecified atom stereocenters. The van der Waals surface area contributed by atoms with Gasteiger partial charge in [0.15, 0.2) is 0 Å². The van der Waals surface area contributed by atoms with Gasteiger partial charge >= 0.3 is 0 Å². The molecule has 0 radical (unpaired) electrons. The lowest BCUT2D eigenvalue weighted by atomic mass is 10.0. The molecule has 0 amide bonds. The van der Waals surface area contributed by atoms with Crippen LogP contribution in [0.5, 0.6) is 0 Å². The molecule has 0 aliphatic carbocycles. The van der Waals surface area contributed by atoms with E-state index in [0.717, 1.165) is 6.67 Å². The Kier molecular flexibility index (Phi) is 4.86. The Morgan fingerprint density at radius 1 is 0.720 bits per heavy atom. The van der Waals surface area contributed by atoms with E-state index < -0.39 is 0 Å². The Morgan fingerprint density at radius 3 is 1.52 bits per heavy atom. The first-order valence-corrected chi connectivity index (χ1v) is 9.05. The highest BCUT2D eigenvalue weighted by atomic mass is 16.5.